The molecule has 0 atom stereocenters. The Morgan fingerprint density at radius 3 is 2.95 bits per heavy atom. The first-order valence-electron chi connectivity index (χ1n) is 6.83. The Kier molecular flexibility index (Phi) is 2.87. The van der Waals surface area contributed by atoms with Gasteiger partial charge in [-0.3, -0.25) is 0 Å². The van der Waals surface area contributed by atoms with Crippen LogP contribution in [-0.4, -0.2) is 20.9 Å². The molecule has 0 saturated carbocycles. The van der Waals surface area contributed by atoms with Crippen molar-refractivity contribution in [3.05, 3.63) is 57.7 Å². The van der Waals surface area contributed by atoms with E-state index in [2.05, 4.69) is 5.10 Å². The van der Waals surface area contributed by atoms with Gasteiger partial charge in [0.05, 0.1) is 11.4 Å². The summed E-state index contributed by atoms with van der Waals surface area (Å²) >= 11 is 1.65. The Morgan fingerprint density at radius 1 is 1.32 bits per heavy atom. The van der Waals surface area contributed by atoms with Crippen molar-refractivity contribution in [1.82, 2.24) is 9.78 Å². The average Bonchev–Trinajstić information content (AvgIpc) is 3.10. The zero-order valence-corrected chi connectivity index (χ0v) is 12.2. The number of hydrogen-bond acceptors (Lipinski definition) is 3. The van der Waals surface area contributed by atoms with Crippen LogP contribution < -0.4 is 0 Å². The van der Waals surface area contributed by atoms with Gasteiger partial charge in [-0.05, 0) is 42.5 Å². The number of aromatic carboxylic acids is 1. The zero-order valence-electron chi connectivity index (χ0n) is 11.4. The Bertz CT molecular complexity index is 897. The maximum absolute atomic E-state index is 13.5. The third-order valence-electron chi connectivity index (χ3n) is 3.84. The van der Waals surface area contributed by atoms with Crippen LogP contribution in [0.25, 0.3) is 16.9 Å². The van der Waals surface area contributed by atoms with Gasteiger partial charge >= 0.3 is 5.97 Å². The Morgan fingerprint density at radius 2 is 2.18 bits per heavy atom. The van der Waals surface area contributed by atoms with Crippen molar-refractivity contribution in [3.63, 3.8) is 0 Å². The Labute approximate surface area is 129 Å². The van der Waals surface area contributed by atoms with Crippen LogP contribution >= 0.6 is 11.3 Å². The number of halogens is 1. The number of nitrogens with zero attached hydrogens (tertiary/aromatic N) is 2. The molecule has 1 aliphatic carbocycles. The summed E-state index contributed by atoms with van der Waals surface area (Å²) in [5, 5.41) is 15.6. The maximum atomic E-state index is 13.5. The van der Waals surface area contributed by atoms with E-state index < -0.39 is 5.97 Å². The zero-order chi connectivity index (χ0) is 15.3. The highest BCUT2D eigenvalue weighted by Gasteiger charge is 2.29. The minimum absolute atomic E-state index is 0.0520. The molecule has 4 nitrogen and oxygen atoms in total. The normalized spacial score (nSPS) is 12.8. The van der Waals surface area contributed by atoms with Gasteiger partial charge in [0.2, 0.25) is 0 Å². The molecule has 0 saturated heterocycles. The molecule has 22 heavy (non-hydrogen) atoms. The summed E-state index contributed by atoms with van der Waals surface area (Å²) in [6.07, 6.45) is 1.45. The second-order valence-corrected chi connectivity index (χ2v) is 6.13. The lowest BCUT2D eigenvalue weighted by Gasteiger charge is -2.15. The molecule has 1 N–H and O–H groups in total. The molecule has 2 aromatic heterocycles. The van der Waals surface area contributed by atoms with Crippen LogP contribution in [0.4, 0.5) is 4.39 Å². The van der Waals surface area contributed by atoms with Crippen molar-refractivity contribution >= 4 is 17.3 Å². The van der Waals surface area contributed by atoms with Gasteiger partial charge in [0.1, 0.15) is 5.82 Å². The minimum Gasteiger partial charge on any atom is -0.476 e. The van der Waals surface area contributed by atoms with Gasteiger partial charge in [-0.1, -0.05) is 6.07 Å². The summed E-state index contributed by atoms with van der Waals surface area (Å²) in [4.78, 5) is 12.7. The molecular formula is C16H11FN2O2S. The lowest BCUT2D eigenvalue weighted by Crippen LogP contribution is -2.06. The number of fused-ring (bicyclic) bond motifs is 3. The molecule has 3 aromatic rings. The fourth-order valence-corrected chi connectivity index (χ4v) is 3.79. The predicted octanol–water partition coefficient (Wildman–Crippen LogP) is 3.54. The van der Waals surface area contributed by atoms with Crippen LogP contribution in [0.15, 0.2) is 35.7 Å². The average molecular weight is 314 g/mol. The molecule has 0 bridgehead atoms. The van der Waals surface area contributed by atoms with Crippen LogP contribution in [-0.2, 0) is 12.8 Å². The van der Waals surface area contributed by atoms with Crippen LogP contribution in [0, 0.1) is 5.82 Å². The number of aromatic nitrogens is 2. The van der Waals surface area contributed by atoms with Crippen molar-refractivity contribution in [1.29, 1.82) is 0 Å². The molecule has 2 heterocycles. The highest BCUT2D eigenvalue weighted by atomic mass is 32.1. The second-order valence-electron chi connectivity index (χ2n) is 5.13. The molecule has 0 unspecified atom stereocenters. The molecule has 0 amide bonds. The van der Waals surface area contributed by atoms with E-state index in [0.29, 0.717) is 12.1 Å². The molecule has 0 radical (unpaired) electrons. The van der Waals surface area contributed by atoms with E-state index >= 15 is 0 Å². The number of benzene rings is 1. The second kappa shape index (κ2) is 4.78. The summed E-state index contributed by atoms with van der Waals surface area (Å²) in [7, 11) is 0. The van der Waals surface area contributed by atoms with Gasteiger partial charge in [0.25, 0.3) is 0 Å². The summed E-state index contributed by atoms with van der Waals surface area (Å²) in [6.45, 7) is 0. The molecule has 0 aliphatic heterocycles. The molecule has 6 heteroatoms. The summed E-state index contributed by atoms with van der Waals surface area (Å²) in [5.74, 6) is -1.43. The fraction of sp³-hybridized carbons (Fsp3) is 0.125. The smallest absolute Gasteiger partial charge is 0.356 e. The van der Waals surface area contributed by atoms with E-state index in [1.54, 1.807) is 28.2 Å². The van der Waals surface area contributed by atoms with Gasteiger partial charge in [0.15, 0.2) is 5.69 Å². The topological polar surface area (TPSA) is 55.1 Å². The Hall–Kier alpha value is -2.47. The van der Waals surface area contributed by atoms with Crippen LogP contribution in [0.5, 0.6) is 0 Å². The monoisotopic (exact) mass is 314 g/mol. The van der Waals surface area contributed by atoms with Gasteiger partial charge in [0, 0.05) is 16.0 Å². The number of carbonyl (C=O) groups is 1. The first kappa shape index (κ1) is 13.2. The quantitative estimate of drug-likeness (QED) is 0.787. The van der Waals surface area contributed by atoms with E-state index in [1.807, 2.05) is 11.4 Å². The van der Waals surface area contributed by atoms with Gasteiger partial charge in [-0.25, -0.2) is 13.9 Å². The van der Waals surface area contributed by atoms with Gasteiger partial charge in [-0.15, -0.1) is 11.3 Å². The molecule has 1 aliphatic rings. The van der Waals surface area contributed by atoms with Crippen molar-refractivity contribution in [2.45, 2.75) is 12.8 Å². The third-order valence-corrected chi connectivity index (χ3v) is 4.82. The molecule has 4 rings (SSSR count). The molecule has 1 aromatic carbocycles. The highest BCUT2D eigenvalue weighted by Crippen LogP contribution is 2.39. The molecular weight excluding hydrogens is 303 g/mol. The summed E-state index contributed by atoms with van der Waals surface area (Å²) < 4.78 is 15.1. The molecule has 110 valence electrons. The van der Waals surface area contributed by atoms with E-state index in [9.17, 15) is 14.3 Å². The lowest BCUT2D eigenvalue weighted by atomic mass is 9.94. The van der Waals surface area contributed by atoms with Gasteiger partial charge < -0.3 is 5.11 Å². The van der Waals surface area contributed by atoms with E-state index in [0.717, 1.165) is 23.2 Å². The number of carboxylic acids is 1. The van der Waals surface area contributed by atoms with Crippen molar-refractivity contribution in [2.24, 2.45) is 0 Å². The third kappa shape index (κ3) is 1.88. The number of rotatable bonds is 2. The van der Waals surface area contributed by atoms with Crippen molar-refractivity contribution in [2.75, 3.05) is 0 Å². The first-order chi connectivity index (χ1) is 10.6. The summed E-state index contributed by atoms with van der Waals surface area (Å²) in [5.41, 5.74) is 3.07. The summed E-state index contributed by atoms with van der Waals surface area (Å²) in [6, 6.07) is 8.01. The fourth-order valence-electron chi connectivity index (χ4n) is 2.91. The first-order valence-corrected chi connectivity index (χ1v) is 7.71. The number of thiophene rings is 1. The van der Waals surface area contributed by atoms with Crippen LogP contribution in [0.3, 0.4) is 0 Å². The largest absolute Gasteiger partial charge is 0.476 e. The lowest BCUT2D eigenvalue weighted by molar-refractivity contribution is 0.0689. The number of hydrogen-bond donors (Lipinski definition) is 1. The van der Waals surface area contributed by atoms with Crippen LogP contribution in [0.2, 0.25) is 0 Å². The maximum Gasteiger partial charge on any atom is 0.356 e. The standard InChI is InChI=1S/C16H11FN2O2S/c17-9-2-1-3-10(8-9)19-15-11-6-7-22-13(11)5-4-12(15)14(18-19)16(20)21/h1-3,6-8H,4-5H2,(H,20,21). The SMILES string of the molecule is O=C(O)c1nn(-c2cccc(F)c2)c2c1CCc1sccc1-2. The Balaban J connectivity index is 2.03. The van der Waals surface area contributed by atoms with E-state index in [1.165, 1.54) is 17.0 Å². The molecule has 0 spiro atoms. The van der Waals surface area contributed by atoms with Crippen molar-refractivity contribution < 1.29 is 14.3 Å². The number of aryl methyl sites for hydroxylation is 1. The van der Waals surface area contributed by atoms with Gasteiger partial charge in [-0.2, -0.15) is 5.10 Å². The highest BCUT2D eigenvalue weighted by molar-refractivity contribution is 7.10. The molecule has 0 fully saturated rings. The predicted molar refractivity (Wildman–Crippen MR) is 81.2 cm³/mol. The number of carboxylic acid groups (broad SMARTS) is 1. The van der Waals surface area contributed by atoms with E-state index in [-0.39, 0.29) is 11.5 Å². The van der Waals surface area contributed by atoms with Crippen LogP contribution in [0.1, 0.15) is 20.9 Å². The van der Waals surface area contributed by atoms with Crippen molar-refractivity contribution in [3.8, 4) is 16.9 Å². The van der Waals surface area contributed by atoms with E-state index in [4.69, 9.17) is 0 Å². The minimum atomic E-state index is -1.05.